The predicted octanol–water partition coefficient (Wildman–Crippen LogP) is 1.81. The Morgan fingerprint density at radius 1 is 1.44 bits per heavy atom. The average Bonchev–Trinajstić information content (AvgIpc) is 2.39. The predicted molar refractivity (Wildman–Crippen MR) is 73.2 cm³/mol. The first-order valence-electron chi connectivity index (χ1n) is 6.54. The summed E-state index contributed by atoms with van der Waals surface area (Å²) in [4.78, 5) is 20.2. The number of likely N-dealkylation sites (N-methyl/N-ethyl adjacent to an activating group) is 1. The molecule has 0 aromatic carbocycles. The first-order chi connectivity index (χ1) is 8.61. The van der Waals surface area contributed by atoms with E-state index >= 15 is 0 Å². The topological polar surface area (TPSA) is 36.4 Å². The van der Waals surface area contributed by atoms with Crippen molar-refractivity contribution in [1.82, 2.24) is 9.88 Å². The molecule has 4 heteroatoms. The van der Waals surface area contributed by atoms with E-state index in [0.717, 1.165) is 31.7 Å². The average molecular weight is 247 g/mol. The van der Waals surface area contributed by atoms with Crippen LogP contribution >= 0.6 is 0 Å². The van der Waals surface area contributed by atoms with Gasteiger partial charge in [0.1, 0.15) is 5.69 Å². The van der Waals surface area contributed by atoms with Crippen molar-refractivity contribution in [2.45, 2.75) is 26.3 Å². The van der Waals surface area contributed by atoms with Gasteiger partial charge in [-0.05, 0) is 25.6 Å². The second-order valence-corrected chi connectivity index (χ2v) is 4.95. The molecule has 0 aliphatic carbocycles. The maximum atomic E-state index is 11.2. The highest BCUT2D eigenvalue weighted by Crippen LogP contribution is 2.19. The summed E-state index contributed by atoms with van der Waals surface area (Å²) < 4.78 is 0. The summed E-state index contributed by atoms with van der Waals surface area (Å²) in [6, 6.07) is 4.42. The Morgan fingerprint density at radius 2 is 2.22 bits per heavy atom. The number of ketones is 1. The zero-order valence-corrected chi connectivity index (χ0v) is 11.4. The Labute approximate surface area is 109 Å². The number of carbonyl (C=O) groups excluding carboxylic acids is 1. The van der Waals surface area contributed by atoms with E-state index in [9.17, 15) is 4.79 Å². The molecule has 1 fully saturated rings. The Hall–Kier alpha value is -1.42. The fourth-order valence-electron chi connectivity index (χ4n) is 2.40. The molecule has 4 nitrogen and oxygen atoms in total. The number of aromatic nitrogens is 1. The number of nitrogens with zero attached hydrogens (tertiary/aromatic N) is 3. The quantitative estimate of drug-likeness (QED) is 0.763. The number of carbonyl (C=O) groups is 1. The van der Waals surface area contributed by atoms with Gasteiger partial charge in [-0.25, -0.2) is 0 Å². The molecule has 0 bridgehead atoms. The first-order valence-corrected chi connectivity index (χ1v) is 6.54. The van der Waals surface area contributed by atoms with Crippen LogP contribution in [0.4, 0.5) is 5.69 Å². The fraction of sp³-hybridized carbons (Fsp3) is 0.571. The summed E-state index contributed by atoms with van der Waals surface area (Å²) in [6.07, 6.45) is 2.97. The van der Waals surface area contributed by atoms with Crippen LogP contribution in [0, 0.1) is 0 Å². The van der Waals surface area contributed by atoms with Gasteiger partial charge in [-0.3, -0.25) is 14.7 Å². The third kappa shape index (κ3) is 2.70. The molecule has 0 saturated carbocycles. The van der Waals surface area contributed by atoms with Gasteiger partial charge < -0.3 is 4.90 Å². The van der Waals surface area contributed by atoms with Crippen molar-refractivity contribution in [2.75, 3.05) is 31.6 Å². The van der Waals surface area contributed by atoms with Crippen molar-refractivity contribution in [3.05, 3.63) is 24.0 Å². The molecule has 1 aromatic rings. The number of hydrogen-bond donors (Lipinski definition) is 0. The molecule has 1 unspecified atom stereocenters. The van der Waals surface area contributed by atoms with Gasteiger partial charge in [0.15, 0.2) is 5.78 Å². The molecule has 1 aliphatic heterocycles. The van der Waals surface area contributed by atoms with E-state index in [4.69, 9.17) is 0 Å². The van der Waals surface area contributed by atoms with Crippen molar-refractivity contribution >= 4 is 11.5 Å². The lowest BCUT2D eigenvalue weighted by molar-refractivity contribution is 0.101. The molecule has 0 spiro atoms. The van der Waals surface area contributed by atoms with Gasteiger partial charge in [-0.15, -0.1) is 0 Å². The largest absolute Gasteiger partial charge is 0.367 e. The monoisotopic (exact) mass is 247 g/mol. The maximum absolute atomic E-state index is 11.2. The molecule has 0 radical (unpaired) electrons. The standard InChI is InChI=1S/C14H21N3O/c1-4-12-10-17(8-7-16(12)3)13-5-6-14(11(2)18)15-9-13/h5-6,9,12H,4,7-8,10H2,1-3H3. The Bertz CT molecular complexity index is 416. The van der Waals surface area contributed by atoms with Crippen LogP contribution in [0.5, 0.6) is 0 Å². The molecule has 0 N–H and O–H groups in total. The lowest BCUT2D eigenvalue weighted by Gasteiger charge is -2.40. The lowest BCUT2D eigenvalue weighted by Crippen LogP contribution is -2.51. The smallest absolute Gasteiger partial charge is 0.178 e. The zero-order chi connectivity index (χ0) is 13.1. The molecule has 2 heterocycles. The molecule has 1 aliphatic rings. The number of Topliss-reactive ketones (excluding diaryl/α,β-unsaturated/α-hetero) is 1. The van der Waals surface area contributed by atoms with E-state index in [-0.39, 0.29) is 5.78 Å². The number of piperazine rings is 1. The highest BCUT2D eigenvalue weighted by atomic mass is 16.1. The van der Waals surface area contributed by atoms with E-state index in [1.54, 1.807) is 6.92 Å². The van der Waals surface area contributed by atoms with Crippen LogP contribution in [0.15, 0.2) is 18.3 Å². The summed E-state index contributed by atoms with van der Waals surface area (Å²) in [5.41, 5.74) is 1.66. The molecular weight excluding hydrogens is 226 g/mol. The van der Waals surface area contributed by atoms with Crippen LogP contribution in [-0.2, 0) is 0 Å². The number of rotatable bonds is 3. The summed E-state index contributed by atoms with van der Waals surface area (Å²) >= 11 is 0. The Balaban J connectivity index is 2.09. The Kier molecular flexibility index (Phi) is 3.97. The number of pyridine rings is 1. The van der Waals surface area contributed by atoms with E-state index in [1.165, 1.54) is 0 Å². The van der Waals surface area contributed by atoms with Gasteiger partial charge in [-0.2, -0.15) is 0 Å². The Morgan fingerprint density at radius 3 is 2.78 bits per heavy atom. The van der Waals surface area contributed by atoms with Gasteiger partial charge >= 0.3 is 0 Å². The molecule has 1 aromatic heterocycles. The third-order valence-corrected chi connectivity index (χ3v) is 3.72. The third-order valence-electron chi connectivity index (χ3n) is 3.72. The van der Waals surface area contributed by atoms with Crippen molar-refractivity contribution in [3.63, 3.8) is 0 Å². The van der Waals surface area contributed by atoms with Gasteiger partial charge in [-0.1, -0.05) is 6.92 Å². The normalized spacial score (nSPS) is 21.1. The SMILES string of the molecule is CCC1CN(c2ccc(C(C)=O)nc2)CCN1C. The highest BCUT2D eigenvalue weighted by molar-refractivity contribution is 5.92. The van der Waals surface area contributed by atoms with E-state index in [1.807, 2.05) is 18.3 Å². The minimum Gasteiger partial charge on any atom is -0.367 e. The van der Waals surface area contributed by atoms with Crippen molar-refractivity contribution in [2.24, 2.45) is 0 Å². The second-order valence-electron chi connectivity index (χ2n) is 4.95. The minimum atomic E-state index is 0.0198. The van der Waals surface area contributed by atoms with Crippen LogP contribution in [0.25, 0.3) is 0 Å². The summed E-state index contributed by atoms with van der Waals surface area (Å²) in [5, 5.41) is 0. The second kappa shape index (κ2) is 5.48. The van der Waals surface area contributed by atoms with Gasteiger partial charge in [0.2, 0.25) is 0 Å². The van der Waals surface area contributed by atoms with Gasteiger partial charge in [0.05, 0.1) is 11.9 Å². The van der Waals surface area contributed by atoms with Crippen LogP contribution in [0.1, 0.15) is 30.8 Å². The van der Waals surface area contributed by atoms with E-state index < -0.39 is 0 Å². The van der Waals surface area contributed by atoms with Crippen LogP contribution in [-0.4, -0.2) is 48.4 Å². The molecule has 98 valence electrons. The molecule has 1 atom stereocenters. The molecule has 1 saturated heterocycles. The van der Waals surface area contributed by atoms with E-state index in [0.29, 0.717) is 11.7 Å². The first kappa shape index (κ1) is 13.0. The van der Waals surface area contributed by atoms with Crippen molar-refractivity contribution < 1.29 is 4.79 Å². The summed E-state index contributed by atoms with van der Waals surface area (Å²) in [7, 11) is 2.18. The zero-order valence-electron chi connectivity index (χ0n) is 11.4. The molecule has 2 rings (SSSR count). The van der Waals surface area contributed by atoms with Crippen LogP contribution in [0.3, 0.4) is 0 Å². The van der Waals surface area contributed by atoms with E-state index in [2.05, 4.69) is 28.8 Å². The lowest BCUT2D eigenvalue weighted by atomic mass is 10.1. The van der Waals surface area contributed by atoms with Crippen LogP contribution in [0.2, 0.25) is 0 Å². The molecular formula is C14H21N3O. The van der Waals surface area contributed by atoms with Crippen LogP contribution < -0.4 is 4.90 Å². The number of anilines is 1. The minimum absolute atomic E-state index is 0.0198. The van der Waals surface area contributed by atoms with Crippen molar-refractivity contribution in [3.8, 4) is 0 Å². The van der Waals surface area contributed by atoms with Crippen molar-refractivity contribution in [1.29, 1.82) is 0 Å². The maximum Gasteiger partial charge on any atom is 0.178 e. The summed E-state index contributed by atoms with van der Waals surface area (Å²) in [5.74, 6) is 0.0198. The molecule has 18 heavy (non-hydrogen) atoms. The highest BCUT2D eigenvalue weighted by Gasteiger charge is 2.23. The van der Waals surface area contributed by atoms with Gasteiger partial charge in [0, 0.05) is 32.6 Å². The number of hydrogen-bond acceptors (Lipinski definition) is 4. The fourth-order valence-corrected chi connectivity index (χ4v) is 2.40. The van der Waals surface area contributed by atoms with Gasteiger partial charge in [0.25, 0.3) is 0 Å². The molecule has 0 amide bonds. The summed E-state index contributed by atoms with van der Waals surface area (Å²) in [6.45, 7) is 6.90.